The molecule has 0 saturated carbocycles. The standard InChI is InChI=1S/C17H9Br2NO3S/c18-13-9-14(19)16-15-11(13)7-4-8-12(15)17(21)20(16)24(22,23)10-5-2-1-3-6-10/h1-9H. The van der Waals surface area contributed by atoms with Crippen LogP contribution in [0.3, 0.4) is 0 Å². The monoisotopic (exact) mass is 465 g/mol. The van der Waals surface area contributed by atoms with Crippen LogP contribution in [0.4, 0.5) is 5.69 Å². The molecule has 0 aliphatic carbocycles. The Morgan fingerprint density at radius 2 is 1.58 bits per heavy atom. The van der Waals surface area contributed by atoms with Gasteiger partial charge in [-0.15, -0.1) is 0 Å². The van der Waals surface area contributed by atoms with Gasteiger partial charge in [-0.2, -0.15) is 4.31 Å². The predicted octanol–water partition coefficient (Wildman–Crippen LogP) is 4.71. The maximum absolute atomic E-state index is 13.1. The van der Waals surface area contributed by atoms with Crippen LogP contribution in [0.2, 0.25) is 0 Å². The Balaban J connectivity index is 2.07. The quantitative estimate of drug-likeness (QED) is 0.549. The van der Waals surface area contributed by atoms with Crippen molar-refractivity contribution in [1.29, 1.82) is 0 Å². The van der Waals surface area contributed by atoms with Crippen LogP contribution in [-0.2, 0) is 10.0 Å². The van der Waals surface area contributed by atoms with Gasteiger partial charge in [-0.3, -0.25) is 4.79 Å². The van der Waals surface area contributed by atoms with Crippen LogP contribution in [0, 0.1) is 0 Å². The number of halogens is 2. The molecule has 1 aliphatic rings. The summed E-state index contributed by atoms with van der Waals surface area (Å²) in [6.07, 6.45) is 0. The van der Waals surface area contributed by atoms with Gasteiger partial charge in [0.25, 0.3) is 15.9 Å². The van der Waals surface area contributed by atoms with E-state index in [4.69, 9.17) is 0 Å². The predicted molar refractivity (Wildman–Crippen MR) is 99.8 cm³/mol. The van der Waals surface area contributed by atoms with Crippen LogP contribution in [0.5, 0.6) is 0 Å². The zero-order valence-corrected chi connectivity index (χ0v) is 16.0. The lowest BCUT2D eigenvalue weighted by Gasteiger charge is -2.19. The van der Waals surface area contributed by atoms with Crippen LogP contribution in [0.15, 0.2) is 68.4 Å². The molecular weight excluding hydrogens is 458 g/mol. The highest BCUT2D eigenvalue weighted by molar-refractivity contribution is 9.11. The number of carbonyl (C=O) groups is 1. The molecule has 1 heterocycles. The Morgan fingerprint density at radius 3 is 2.29 bits per heavy atom. The van der Waals surface area contributed by atoms with Crippen LogP contribution in [0.25, 0.3) is 10.8 Å². The maximum atomic E-state index is 13.1. The van der Waals surface area contributed by atoms with E-state index in [0.717, 1.165) is 14.2 Å². The summed E-state index contributed by atoms with van der Waals surface area (Å²) in [5.41, 5.74) is 0.738. The van der Waals surface area contributed by atoms with Crippen LogP contribution >= 0.6 is 31.9 Å². The Labute approximate surface area is 155 Å². The van der Waals surface area contributed by atoms with Crippen LogP contribution in [-0.4, -0.2) is 14.3 Å². The molecule has 0 bridgehead atoms. The molecule has 1 aliphatic heterocycles. The third-order valence-electron chi connectivity index (χ3n) is 3.94. The van der Waals surface area contributed by atoms with Crippen molar-refractivity contribution in [2.45, 2.75) is 4.90 Å². The molecule has 0 radical (unpaired) electrons. The number of rotatable bonds is 2. The number of anilines is 1. The van der Waals surface area contributed by atoms with Crippen molar-refractivity contribution in [3.63, 3.8) is 0 Å². The fourth-order valence-corrected chi connectivity index (χ4v) is 5.95. The normalized spacial score (nSPS) is 13.8. The van der Waals surface area contributed by atoms with Gasteiger partial charge in [-0.1, -0.05) is 46.3 Å². The SMILES string of the molecule is O=C1c2cccc3c(Br)cc(Br)c(c23)N1S(=O)(=O)c1ccccc1. The van der Waals surface area contributed by atoms with E-state index < -0.39 is 15.9 Å². The first-order valence-electron chi connectivity index (χ1n) is 6.98. The number of amides is 1. The highest BCUT2D eigenvalue weighted by Gasteiger charge is 2.40. The van der Waals surface area contributed by atoms with Gasteiger partial charge < -0.3 is 0 Å². The molecule has 120 valence electrons. The van der Waals surface area contributed by atoms with Crippen molar-refractivity contribution < 1.29 is 13.2 Å². The number of carbonyl (C=O) groups excluding carboxylic acids is 1. The molecule has 4 nitrogen and oxygen atoms in total. The average Bonchev–Trinajstić information content (AvgIpc) is 2.88. The first kappa shape index (κ1) is 15.8. The van der Waals surface area contributed by atoms with E-state index in [9.17, 15) is 13.2 Å². The fourth-order valence-electron chi connectivity index (χ4n) is 2.90. The molecule has 7 heteroatoms. The molecule has 1 amide bonds. The summed E-state index contributed by atoms with van der Waals surface area (Å²) in [4.78, 5) is 12.9. The topological polar surface area (TPSA) is 54.5 Å². The van der Waals surface area contributed by atoms with Crippen molar-refractivity contribution in [2.75, 3.05) is 4.31 Å². The third kappa shape index (κ3) is 2.08. The smallest absolute Gasteiger partial charge is 0.268 e. The van der Waals surface area contributed by atoms with Gasteiger partial charge in [0.05, 0.1) is 16.1 Å². The highest BCUT2D eigenvalue weighted by atomic mass is 79.9. The minimum atomic E-state index is -4.00. The second-order valence-corrected chi connectivity index (χ2v) is 8.80. The van der Waals surface area contributed by atoms with Gasteiger partial charge in [-0.25, -0.2) is 8.42 Å². The van der Waals surface area contributed by atoms with E-state index in [-0.39, 0.29) is 4.90 Å². The summed E-state index contributed by atoms with van der Waals surface area (Å²) in [6.45, 7) is 0. The van der Waals surface area contributed by atoms with E-state index in [1.807, 2.05) is 6.07 Å². The van der Waals surface area contributed by atoms with Gasteiger partial charge in [0, 0.05) is 14.3 Å². The molecule has 0 spiro atoms. The van der Waals surface area contributed by atoms with Crippen molar-refractivity contribution in [3.05, 3.63) is 69.1 Å². The Kier molecular flexibility index (Phi) is 3.56. The molecule has 24 heavy (non-hydrogen) atoms. The third-order valence-corrected chi connectivity index (χ3v) is 6.90. The zero-order chi connectivity index (χ0) is 17.1. The van der Waals surface area contributed by atoms with Crippen LogP contribution < -0.4 is 4.31 Å². The molecule has 0 atom stereocenters. The van der Waals surface area contributed by atoms with E-state index in [2.05, 4.69) is 31.9 Å². The molecule has 0 unspecified atom stereocenters. The Morgan fingerprint density at radius 1 is 0.875 bits per heavy atom. The molecule has 3 aromatic rings. The van der Waals surface area contributed by atoms with Crippen molar-refractivity contribution in [2.24, 2.45) is 0 Å². The van der Waals surface area contributed by atoms with Gasteiger partial charge in [0.15, 0.2) is 0 Å². The van der Waals surface area contributed by atoms with Gasteiger partial charge in [0.2, 0.25) is 0 Å². The summed E-state index contributed by atoms with van der Waals surface area (Å²) < 4.78 is 28.3. The minimum absolute atomic E-state index is 0.0779. The summed E-state index contributed by atoms with van der Waals surface area (Å²) in [7, 11) is -4.00. The summed E-state index contributed by atoms with van der Waals surface area (Å²) in [5, 5.41) is 1.42. The van der Waals surface area contributed by atoms with Gasteiger partial charge >= 0.3 is 0 Å². The lowest BCUT2D eigenvalue weighted by molar-refractivity contribution is 0.101. The molecule has 0 N–H and O–H groups in total. The number of hydrogen-bond acceptors (Lipinski definition) is 3. The van der Waals surface area contributed by atoms with E-state index >= 15 is 0 Å². The number of benzene rings is 3. The summed E-state index contributed by atoms with van der Waals surface area (Å²) in [5.74, 6) is -0.543. The lowest BCUT2D eigenvalue weighted by atomic mass is 10.1. The van der Waals surface area contributed by atoms with Crippen molar-refractivity contribution in [1.82, 2.24) is 0 Å². The zero-order valence-electron chi connectivity index (χ0n) is 12.0. The Bertz CT molecular complexity index is 1110. The molecule has 0 fully saturated rings. The minimum Gasteiger partial charge on any atom is -0.268 e. The number of nitrogens with zero attached hydrogens (tertiary/aromatic N) is 1. The fraction of sp³-hybridized carbons (Fsp3) is 0. The first-order chi connectivity index (χ1) is 11.4. The van der Waals surface area contributed by atoms with Crippen LogP contribution in [0.1, 0.15) is 10.4 Å². The second-order valence-electron chi connectivity index (χ2n) is 5.30. The largest absolute Gasteiger partial charge is 0.273 e. The lowest BCUT2D eigenvalue weighted by Crippen LogP contribution is -2.34. The summed E-state index contributed by atoms with van der Waals surface area (Å²) >= 11 is 6.88. The van der Waals surface area contributed by atoms with Gasteiger partial charge in [-0.05, 0) is 45.6 Å². The molecule has 4 rings (SSSR count). The van der Waals surface area contributed by atoms with Gasteiger partial charge in [0.1, 0.15) is 0 Å². The Hall–Kier alpha value is -1.70. The highest BCUT2D eigenvalue weighted by Crippen LogP contribution is 2.47. The van der Waals surface area contributed by atoms with Crippen molar-refractivity contribution >= 4 is 64.3 Å². The summed E-state index contributed by atoms with van der Waals surface area (Å²) in [6, 6.07) is 15.0. The van der Waals surface area contributed by atoms with E-state index in [1.54, 1.807) is 36.4 Å². The van der Waals surface area contributed by atoms with E-state index in [0.29, 0.717) is 21.1 Å². The maximum Gasteiger partial charge on any atom is 0.273 e. The number of hydrogen-bond donors (Lipinski definition) is 0. The molecule has 0 aromatic heterocycles. The van der Waals surface area contributed by atoms with E-state index in [1.165, 1.54) is 12.1 Å². The second kappa shape index (κ2) is 5.40. The molecular formula is C17H9Br2NO3S. The van der Waals surface area contributed by atoms with Crippen molar-refractivity contribution in [3.8, 4) is 0 Å². The average molecular weight is 467 g/mol. The molecule has 3 aromatic carbocycles. The first-order valence-corrected chi connectivity index (χ1v) is 10.0. The number of sulfonamides is 1. The molecule has 0 saturated heterocycles.